The molecule has 10 heteroatoms. The van der Waals surface area contributed by atoms with Gasteiger partial charge < -0.3 is 5.32 Å². The molecule has 0 saturated carbocycles. The molecule has 3 rings (SSSR count). The molecule has 0 spiro atoms. The Morgan fingerprint density at radius 1 is 1.21 bits per heavy atom. The number of halogens is 5. The van der Waals surface area contributed by atoms with Crippen LogP contribution in [0.15, 0.2) is 42.5 Å². The van der Waals surface area contributed by atoms with Crippen molar-refractivity contribution < 1.29 is 22.4 Å². The van der Waals surface area contributed by atoms with Crippen LogP contribution in [0.3, 0.4) is 0 Å². The van der Waals surface area contributed by atoms with Crippen LogP contribution in [0, 0.1) is 12.7 Å². The Hall–Kier alpha value is -2.94. The van der Waals surface area contributed by atoms with Crippen LogP contribution < -0.4 is 5.32 Å². The number of hydrogen-bond acceptors (Lipinski definition) is 3. The average molecular weight is 413 g/mol. The third kappa shape index (κ3) is 3.99. The Balaban J connectivity index is 1.82. The molecular formula is C18H13ClF4N4O. The molecule has 28 heavy (non-hydrogen) atoms. The van der Waals surface area contributed by atoms with Crippen molar-refractivity contribution in [3.63, 3.8) is 0 Å². The summed E-state index contributed by atoms with van der Waals surface area (Å²) in [7, 11) is 0. The maximum absolute atomic E-state index is 13.2. The lowest BCUT2D eigenvalue weighted by atomic mass is 10.1. The minimum Gasteiger partial charge on any atom is -0.346 e. The van der Waals surface area contributed by atoms with Gasteiger partial charge in [-0.05, 0) is 36.8 Å². The molecule has 0 atom stereocenters. The number of alkyl halides is 3. The van der Waals surface area contributed by atoms with Gasteiger partial charge in [0.05, 0.1) is 22.0 Å². The molecule has 1 aromatic heterocycles. The van der Waals surface area contributed by atoms with E-state index < -0.39 is 30.0 Å². The summed E-state index contributed by atoms with van der Waals surface area (Å²) in [6, 6.07) is 9.05. The van der Waals surface area contributed by atoms with E-state index in [-0.39, 0.29) is 11.3 Å². The third-order valence-electron chi connectivity index (χ3n) is 4.01. The zero-order valence-electron chi connectivity index (χ0n) is 14.4. The summed E-state index contributed by atoms with van der Waals surface area (Å²) >= 11 is 6.11. The maximum Gasteiger partial charge on any atom is 0.416 e. The molecule has 2 aromatic carbocycles. The fourth-order valence-electron chi connectivity index (χ4n) is 2.62. The van der Waals surface area contributed by atoms with Crippen molar-refractivity contribution in [2.75, 3.05) is 0 Å². The summed E-state index contributed by atoms with van der Waals surface area (Å²) in [5, 5.41) is 10.4. The predicted octanol–water partition coefficient (Wildman–Crippen LogP) is 4.32. The zero-order chi connectivity index (χ0) is 20.5. The minimum atomic E-state index is -4.74. The van der Waals surface area contributed by atoms with E-state index in [0.717, 1.165) is 12.1 Å². The van der Waals surface area contributed by atoms with Crippen LogP contribution in [-0.2, 0) is 12.7 Å². The van der Waals surface area contributed by atoms with Crippen LogP contribution in [0.4, 0.5) is 17.6 Å². The molecule has 0 radical (unpaired) electrons. The standard InChI is InChI=1S/C18H13ClF4N4O/c1-10-16(25-26-27(10)15-5-3-2-4-14(15)19)17(28)24-9-11-6-7-12(20)8-13(11)18(21,22)23/h2-8H,9H2,1H3,(H,24,28). The van der Waals surface area contributed by atoms with Crippen LogP contribution in [-0.4, -0.2) is 20.9 Å². The highest BCUT2D eigenvalue weighted by molar-refractivity contribution is 6.32. The van der Waals surface area contributed by atoms with E-state index in [1.54, 1.807) is 31.2 Å². The van der Waals surface area contributed by atoms with Gasteiger partial charge >= 0.3 is 6.18 Å². The van der Waals surface area contributed by atoms with Crippen molar-refractivity contribution in [3.05, 3.63) is 75.8 Å². The van der Waals surface area contributed by atoms with Crippen LogP contribution in [0.1, 0.15) is 27.3 Å². The number of rotatable bonds is 4. The molecule has 0 bridgehead atoms. The molecular weight excluding hydrogens is 400 g/mol. The molecule has 0 fully saturated rings. The first kappa shape index (κ1) is 19.8. The van der Waals surface area contributed by atoms with Gasteiger partial charge in [-0.25, -0.2) is 9.07 Å². The topological polar surface area (TPSA) is 59.8 Å². The van der Waals surface area contributed by atoms with Crippen LogP contribution in [0.2, 0.25) is 5.02 Å². The largest absolute Gasteiger partial charge is 0.416 e. The Bertz CT molecular complexity index is 1030. The second-order valence-electron chi connectivity index (χ2n) is 5.87. The quantitative estimate of drug-likeness (QED) is 0.649. The van der Waals surface area contributed by atoms with Gasteiger partial charge in [-0.15, -0.1) is 5.10 Å². The fourth-order valence-corrected chi connectivity index (χ4v) is 2.83. The lowest BCUT2D eigenvalue weighted by Crippen LogP contribution is -2.25. The number of aromatic nitrogens is 3. The third-order valence-corrected chi connectivity index (χ3v) is 4.33. The van der Waals surface area contributed by atoms with Gasteiger partial charge in [-0.1, -0.05) is 35.0 Å². The fraction of sp³-hybridized carbons (Fsp3) is 0.167. The number of hydrogen-bond donors (Lipinski definition) is 1. The molecule has 0 unspecified atom stereocenters. The minimum absolute atomic E-state index is 0.0596. The SMILES string of the molecule is Cc1c(C(=O)NCc2ccc(F)cc2C(F)(F)F)nnn1-c1ccccc1Cl. The van der Waals surface area contributed by atoms with Gasteiger partial charge in [0.2, 0.25) is 0 Å². The van der Waals surface area contributed by atoms with Crippen molar-refractivity contribution in [1.29, 1.82) is 0 Å². The highest BCUT2D eigenvalue weighted by atomic mass is 35.5. The lowest BCUT2D eigenvalue weighted by molar-refractivity contribution is -0.138. The second-order valence-corrected chi connectivity index (χ2v) is 6.28. The summed E-state index contributed by atoms with van der Waals surface area (Å²) in [5.74, 6) is -1.73. The number of para-hydroxylation sites is 1. The van der Waals surface area contributed by atoms with E-state index in [2.05, 4.69) is 15.6 Å². The smallest absolute Gasteiger partial charge is 0.346 e. The van der Waals surface area contributed by atoms with E-state index in [9.17, 15) is 22.4 Å². The number of amides is 1. The summed E-state index contributed by atoms with van der Waals surface area (Å²) in [4.78, 5) is 12.4. The van der Waals surface area contributed by atoms with Crippen molar-refractivity contribution in [3.8, 4) is 5.69 Å². The van der Waals surface area contributed by atoms with Crippen molar-refractivity contribution in [2.24, 2.45) is 0 Å². The normalized spacial score (nSPS) is 11.5. The summed E-state index contributed by atoms with van der Waals surface area (Å²) in [6.45, 7) is 1.13. The molecule has 0 aliphatic rings. The Labute approximate surface area is 161 Å². The van der Waals surface area contributed by atoms with Crippen molar-refractivity contribution in [2.45, 2.75) is 19.6 Å². The van der Waals surface area contributed by atoms with E-state index in [0.29, 0.717) is 22.5 Å². The van der Waals surface area contributed by atoms with E-state index in [4.69, 9.17) is 11.6 Å². The lowest BCUT2D eigenvalue weighted by Gasteiger charge is -2.13. The second kappa shape index (κ2) is 7.59. The van der Waals surface area contributed by atoms with Crippen LogP contribution in [0.5, 0.6) is 0 Å². The van der Waals surface area contributed by atoms with Gasteiger partial charge in [0.25, 0.3) is 5.91 Å². The summed E-state index contributed by atoms with van der Waals surface area (Å²) in [6.07, 6.45) is -4.74. The van der Waals surface area contributed by atoms with Gasteiger partial charge in [-0.3, -0.25) is 4.79 Å². The van der Waals surface area contributed by atoms with Crippen LogP contribution >= 0.6 is 11.6 Å². The molecule has 0 saturated heterocycles. The van der Waals surface area contributed by atoms with Gasteiger partial charge in [-0.2, -0.15) is 13.2 Å². The monoisotopic (exact) mass is 412 g/mol. The number of nitrogens with zero attached hydrogens (tertiary/aromatic N) is 3. The highest BCUT2D eigenvalue weighted by Crippen LogP contribution is 2.32. The van der Waals surface area contributed by atoms with E-state index in [1.807, 2.05) is 0 Å². The average Bonchev–Trinajstić information content (AvgIpc) is 3.01. The van der Waals surface area contributed by atoms with Crippen molar-refractivity contribution >= 4 is 17.5 Å². The number of carbonyl (C=O) groups excluding carboxylic acids is 1. The Morgan fingerprint density at radius 3 is 2.61 bits per heavy atom. The Morgan fingerprint density at radius 2 is 1.93 bits per heavy atom. The first-order valence-corrected chi connectivity index (χ1v) is 8.37. The Kier molecular flexibility index (Phi) is 5.37. The summed E-state index contributed by atoms with van der Waals surface area (Å²) in [5.41, 5.74) is -0.606. The zero-order valence-corrected chi connectivity index (χ0v) is 15.1. The van der Waals surface area contributed by atoms with E-state index in [1.165, 1.54) is 4.68 Å². The number of nitrogens with one attached hydrogen (secondary N) is 1. The van der Waals surface area contributed by atoms with E-state index >= 15 is 0 Å². The molecule has 5 nitrogen and oxygen atoms in total. The van der Waals surface area contributed by atoms with Gasteiger partial charge in [0.1, 0.15) is 5.82 Å². The molecule has 0 aliphatic heterocycles. The van der Waals surface area contributed by atoms with Gasteiger partial charge in [0, 0.05) is 6.54 Å². The maximum atomic E-state index is 13.2. The molecule has 1 amide bonds. The van der Waals surface area contributed by atoms with Gasteiger partial charge in [0.15, 0.2) is 5.69 Å². The first-order chi connectivity index (χ1) is 13.2. The molecule has 3 aromatic rings. The molecule has 146 valence electrons. The first-order valence-electron chi connectivity index (χ1n) is 7.99. The van der Waals surface area contributed by atoms with Crippen LogP contribution in [0.25, 0.3) is 5.69 Å². The molecule has 1 heterocycles. The highest BCUT2D eigenvalue weighted by Gasteiger charge is 2.33. The molecule has 0 aliphatic carbocycles. The number of benzene rings is 2. The predicted molar refractivity (Wildman–Crippen MR) is 93.7 cm³/mol. The number of carbonyl (C=O) groups is 1. The molecule has 1 N–H and O–H groups in total. The van der Waals surface area contributed by atoms with Crippen molar-refractivity contribution in [1.82, 2.24) is 20.3 Å². The summed E-state index contributed by atoms with van der Waals surface area (Å²) < 4.78 is 53.7.